The SMILES string of the molecule is NC(=S)c1ccc(S(=O)(=O)N2CCCCC2)cc1. The lowest BCUT2D eigenvalue weighted by molar-refractivity contribution is 0.346. The van der Waals surface area contributed by atoms with Crippen LogP contribution in [0.1, 0.15) is 24.8 Å². The predicted octanol–water partition coefficient (Wildman–Crippen LogP) is 1.50. The third-order valence-corrected chi connectivity index (χ3v) is 5.24. The summed E-state index contributed by atoms with van der Waals surface area (Å²) in [7, 11) is -3.36. The molecule has 1 aliphatic heterocycles. The molecule has 1 aromatic rings. The molecule has 18 heavy (non-hydrogen) atoms. The van der Waals surface area contributed by atoms with Gasteiger partial charge < -0.3 is 5.73 Å². The highest BCUT2D eigenvalue weighted by molar-refractivity contribution is 7.89. The van der Waals surface area contributed by atoms with E-state index in [0.717, 1.165) is 19.3 Å². The maximum atomic E-state index is 12.3. The molecular weight excluding hydrogens is 268 g/mol. The predicted molar refractivity (Wildman–Crippen MR) is 74.9 cm³/mol. The molecular formula is C12H16N2O2S2. The van der Waals surface area contributed by atoms with Gasteiger partial charge in [0, 0.05) is 18.7 Å². The Labute approximate surface area is 113 Å². The van der Waals surface area contributed by atoms with Crippen LogP contribution < -0.4 is 5.73 Å². The molecule has 0 saturated carbocycles. The summed E-state index contributed by atoms with van der Waals surface area (Å²) in [5, 5.41) is 0. The summed E-state index contributed by atoms with van der Waals surface area (Å²) in [5.74, 6) is 0. The number of hydrogen-bond acceptors (Lipinski definition) is 3. The molecule has 98 valence electrons. The van der Waals surface area contributed by atoms with E-state index in [1.54, 1.807) is 28.6 Å². The number of sulfonamides is 1. The molecule has 1 aromatic carbocycles. The number of hydrogen-bond donors (Lipinski definition) is 1. The Balaban J connectivity index is 2.26. The van der Waals surface area contributed by atoms with Crippen molar-refractivity contribution < 1.29 is 8.42 Å². The molecule has 0 radical (unpaired) electrons. The molecule has 0 aliphatic carbocycles. The number of thiocarbonyl (C=S) groups is 1. The van der Waals surface area contributed by atoms with Gasteiger partial charge in [-0.3, -0.25) is 0 Å². The zero-order valence-corrected chi connectivity index (χ0v) is 11.6. The first-order chi connectivity index (χ1) is 8.51. The van der Waals surface area contributed by atoms with Gasteiger partial charge in [0.05, 0.1) is 4.90 Å². The summed E-state index contributed by atoms with van der Waals surface area (Å²) in [4.78, 5) is 0.585. The topological polar surface area (TPSA) is 63.4 Å². The molecule has 1 fully saturated rings. The fourth-order valence-corrected chi connectivity index (χ4v) is 3.70. The van der Waals surface area contributed by atoms with E-state index < -0.39 is 10.0 Å². The summed E-state index contributed by atoms with van der Waals surface area (Å²) in [5.41, 5.74) is 6.17. The monoisotopic (exact) mass is 284 g/mol. The van der Waals surface area contributed by atoms with E-state index in [1.165, 1.54) is 0 Å². The number of benzene rings is 1. The number of rotatable bonds is 3. The van der Waals surface area contributed by atoms with Gasteiger partial charge in [0.25, 0.3) is 0 Å². The van der Waals surface area contributed by atoms with Crippen LogP contribution in [-0.4, -0.2) is 30.8 Å². The van der Waals surface area contributed by atoms with Gasteiger partial charge in [0.2, 0.25) is 10.0 Å². The van der Waals surface area contributed by atoms with Crippen molar-refractivity contribution in [3.05, 3.63) is 29.8 Å². The average molecular weight is 284 g/mol. The van der Waals surface area contributed by atoms with Crippen molar-refractivity contribution in [3.63, 3.8) is 0 Å². The maximum Gasteiger partial charge on any atom is 0.243 e. The highest BCUT2D eigenvalue weighted by atomic mass is 32.2. The molecule has 2 rings (SSSR count). The molecule has 0 unspecified atom stereocenters. The second-order valence-corrected chi connectivity index (χ2v) is 6.73. The van der Waals surface area contributed by atoms with Crippen LogP contribution in [0.5, 0.6) is 0 Å². The molecule has 0 aromatic heterocycles. The van der Waals surface area contributed by atoms with Gasteiger partial charge in [0.15, 0.2) is 0 Å². The molecule has 0 bridgehead atoms. The van der Waals surface area contributed by atoms with Gasteiger partial charge in [-0.05, 0) is 25.0 Å². The van der Waals surface area contributed by atoms with Gasteiger partial charge in [0.1, 0.15) is 4.99 Å². The Hall–Kier alpha value is -0.980. The summed E-state index contributed by atoms with van der Waals surface area (Å²) >= 11 is 4.84. The van der Waals surface area contributed by atoms with Crippen LogP contribution in [0.2, 0.25) is 0 Å². The van der Waals surface area contributed by atoms with Crippen LogP contribution in [0.3, 0.4) is 0 Å². The molecule has 1 saturated heterocycles. The smallest absolute Gasteiger partial charge is 0.243 e. The van der Waals surface area contributed by atoms with Crippen molar-refractivity contribution in [2.24, 2.45) is 5.73 Å². The van der Waals surface area contributed by atoms with Crippen LogP contribution in [0.25, 0.3) is 0 Å². The largest absolute Gasteiger partial charge is 0.389 e. The van der Waals surface area contributed by atoms with Crippen LogP contribution in [0.15, 0.2) is 29.2 Å². The summed E-state index contributed by atoms with van der Waals surface area (Å²) in [6.07, 6.45) is 2.97. The van der Waals surface area contributed by atoms with Crippen molar-refractivity contribution in [1.82, 2.24) is 4.31 Å². The van der Waals surface area contributed by atoms with E-state index in [-0.39, 0.29) is 4.99 Å². The molecule has 1 heterocycles. The van der Waals surface area contributed by atoms with Crippen LogP contribution in [0, 0.1) is 0 Å². The lowest BCUT2D eigenvalue weighted by Crippen LogP contribution is -2.35. The van der Waals surface area contributed by atoms with Crippen LogP contribution in [-0.2, 0) is 10.0 Å². The highest BCUT2D eigenvalue weighted by Crippen LogP contribution is 2.20. The Morgan fingerprint density at radius 1 is 1.11 bits per heavy atom. The molecule has 0 amide bonds. The lowest BCUT2D eigenvalue weighted by Gasteiger charge is -2.25. The minimum absolute atomic E-state index is 0.275. The van der Waals surface area contributed by atoms with Crippen LogP contribution in [0.4, 0.5) is 0 Å². The van der Waals surface area contributed by atoms with Gasteiger partial charge in [-0.25, -0.2) is 8.42 Å². The minimum Gasteiger partial charge on any atom is -0.389 e. The second kappa shape index (κ2) is 5.34. The normalized spacial score (nSPS) is 17.6. The minimum atomic E-state index is -3.36. The third-order valence-electron chi connectivity index (χ3n) is 3.09. The quantitative estimate of drug-likeness (QED) is 0.854. The Kier molecular flexibility index (Phi) is 3.99. The zero-order valence-electron chi connectivity index (χ0n) is 10.0. The molecule has 4 nitrogen and oxygen atoms in total. The summed E-state index contributed by atoms with van der Waals surface area (Å²) < 4.78 is 26.2. The zero-order chi connectivity index (χ0) is 13.2. The van der Waals surface area contributed by atoms with Gasteiger partial charge in [-0.1, -0.05) is 30.8 Å². The van der Waals surface area contributed by atoms with Gasteiger partial charge in [-0.2, -0.15) is 4.31 Å². The molecule has 0 spiro atoms. The van der Waals surface area contributed by atoms with Crippen molar-refractivity contribution in [2.75, 3.05) is 13.1 Å². The van der Waals surface area contributed by atoms with E-state index >= 15 is 0 Å². The van der Waals surface area contributed by atoms with Crippen molar-refractivity contribution in [1.29, 1.82) is 0 Å². The number of nitrogens with zero attached hydrogens (tertiary/aromatic N) is 1. The number of piperidine rings is 1. The molecule has 2 N–H and O–H groups in total. The fourth-order valence-electron chi connectivity index (χ4n) is 2.05. The van der Waals surface area contributed by atoms with Crippen molar-refractivity contribution >= 4 is 27.2 Å². The Morgan fingerprint density at radius 2 is 1.67 bits per heavy atom. The first-order valence-electron chi connectivity index (χ1n) is 5.92. The first-order valence-corrected chi connectivity index (χ1v) is 7.76. The summed E-state index contributed by atoms with van der Waals surface area (Å²) in [6.45, 7) is 1.22. The van der Waals surface area contributed by atoms with E-state index in [0.29, 0.717) is 23.5 Å². The standard InChI is InChI=1S/C12H16N2O2S2/c13-12(17)10-4-6-11(7-5-10)18(15,16)14-8-2-1-3-9-14/h4-7H,1-3,8-9H2,(H2,13,17). The molecule has 6 heteroatoms. The van der Waals surface area contributed by atoms with Crippen LogP contribution >= 0.6 is 12.2 Å². The second-order valence-electron chi connectivity index (χ2n) is 4.35. The van der Waals surface area contributed by atoms with Gasteiger partial charge in [-0.15, -0.1) is 0 Å². The first kappa shape index (κ1) is 13.5. The Bertz CT molecular complexity index is 532. The maximum absolute atomic E-state index is 12.3. The summed E-state index contributed by atoms with van der Waals surface area (Å²) in [6, 6.07) is 6.44. The average Bonchev–Trinajstić information content (AvgIpc) is 2.40. The van der Waals surface area contributed by atoms with E-state index in [4.69, 9.17) is 18.0 Å². The fraction of sp³-hybridized carbons (Fsp3) is 0.417. The van der Waals surface area contributed by atoms with E-state index in [9.17, 15) is 8.42 Å². The van der Waals surface area contributed by atoms with Crippen molar-refractivity contribution in [3.8, 4) is 0 Å². The lowest BCUT2D eigenvalue weighted by atomic mass is 10.2. The van der Waals surface area contributed by atoms with Gasteiger partial charge >= 0.3 is 0 Å². The molecule has 0 atom stereocenters. The van der Waals surface area contributed by atoms with Crippen molar-refractivity contribution in [2.45, 2.75) is 24.2 Å². The number of nitrogens with two attached hydrogens (primary N) is 1. The van der Waals surface area contributed by atoms with E-state index in [2.05, 4.69) is 0 Å². The Morgan fingerprint density at radius 3 is 2.17 bits per heavy atom. The van der Waals surface area contributed by atoms with E-state index in [1.807, 2.05) is 0 Å². The highest BCUT2D eigenvalue weighted by Gasteiger charge is 2.25. The molecule has 1 aliphatic rings. The third kappa shape index (κ3) is 2.71.